The summed E-state index contributed by atoms with van der Waals surface area (Å²) in [6.07, 6.45) is 1.55. The largest absolute Gasteiger partial charge is 0.319 e. The molecule has 0 aliphatic carbocycles. The maximum atomic E-state index is 13.6. The number of rotatable bonds is 2. The van der Waals surface area contributed by atoms with E-state index in [1.54, 1.807) is 18.3 Å². The summed E-state index contributed by atoms with van der Waals surface area (Å²) in [5.74, 6) is -1.84. The van der Waals surface area contributed by atoms with Crippen molar-refractivity contribution in [3.63, 3.8) is 0 Å². The minimum Gasteiger partial charge on any atom is -0.319 e. The number of halogens is 3. The van der Waals surface area contributed by atoms with Gasteiger partial charge >= 0.3 is 0 Å². The lowest BCUT2D eigenvalue weighted by atomic mass is 10.0. The van der Waals surface area contributed by atoms with Gasteiger partial charge in [-0.05, 0) is 34.1 Å². The summed E-state index contributed by atoms with van der Waals surface area (Å²) in [6, 6.07) is 6.59. The van der Waals surface area contributed by atoms with Crippen LogP contribution in [0, 0.1) is 11.6 Å². The van der Waals surface area contributed by atoms with Gasteiger partial charge in [0.2, 0.25) is 0 Å². The topological polar surface area (TPSA) is 38.9 Å². The second-order valence-electron chi connectivity index (χ2n) is 3.49. The van der Waals surface area contributed by atoms with Gasteiger partial charge < -0.3 is 5.73 Å². The zero-order chi connectivity index (χ0) is 12.4. The molecule has 88 valence electrons. The molecule has 0 fully saturated rings. The van der Waals surface area contributed by atoms with E-state index in [0.717, 1.165) is 6.07 Å². The summed E-state index contributed by atoms with van der Waals surface area (Å²) in [4.78, 5) is 4.06. The maximum Gasteiger partial charge on any atom is 0.163 e. The molecular weight excluding hydrogens is 290 g/mol. The van der Waals surface area contributed by atoms with Crippen LogP contribution in [0.1, 0.15) is 17.3 Å². The Morgan fingerprint density at radius 2 is 1.94 bits per heavy atom. The van der Waals surface area contributed by atoms with Crippen molar-refractivity contribution in [2.45, 2.75) is 6.04 Å². The van der Waals surface area contributed by atoms with Crippen molar-refractivity contribution in [2.75, 3.05) is 0 Å². The first-order valence-corrected chi connectivity index (χ1v) is 5.70. The highest BCUT2D eigenvalue weighted by Crippen LogP contribution is 2.26. The molecule has 1 heterocycles. The molecule has 1 unspecified atom stereocenters. The van der Waals surface area contributed by atoms with Gasteiger partial charge in [0.05, 0.1) is 11.7 Å². The Bertz CT molecular complexity index is 546. The van der Waals surface area contributed by atoms with Gasteiger partial charge in [0.15, 0.2) is 11.6 Å². The van der Waals surface area contributed by atoms with Crippen molar-refractivity contribution in [3.8, 4) is 0 Å². The summed E-state index contributed by atoms with van der Waals surface area (Å²) < 4.78 is 27.3. The predicted molar refractivity (Wildman–Crippen MR) is 64.3 cm³/mol. The lowest BCUT2D eigenvalue weighted by Crippen LogP contribution is -2.16. The van der Waals surface area contributed by atoms with Gasteiger partial charge in [-0.3, -0.25) is 4.98 Å². The predicted octanol–water partition coefficient (Wildman–Crippen LogP) is 3.17. The van der Waals surface area contributed by atoms with Crippen molar-refractivity contribution in [1.82, 2.24) is 4.98 Å². The molecule has 0 amide bonds. The van der Waals surface area contributed by atoms with Gasteiger partial charge in [0.25, 0.3) is 0 Å². The highest BCUT2D eigenvalue weighted by molar-refractivity contribution is 9.10. The Balaban J connectivity index is 2.48. The minimum absolute atomic E-state index is 0.0874. The van der Waals surface area contributed by atoms with E-state index in [2.05, 4.69) is 20.9 Å². The second-order valence-corrected chi connectivity index (χ2v) is 4.35. The number of hydrogen-bond donors (Lipinski definition) is 1. The van der Waals surface area contributed by atoms with E-state index in [0.29, 0.717) is 10.2 Å². The number of hydrogen-bond acceptors (Lipinski definition) is 2. The molecule has 0 bridgehead atoms. The number of pyridine rings is 1. The van der Waals surface area contributed by atoms with Crippen LogP contribution >= 0.6 is 15.9 Å². The van der Waals surface area contributed by atoms with Gasteiger partial charge in [0, 0.05) is 16.2 Å². The molecule has 0 radical (unpaired) electrons. The number of aromatic nitrogens is 1. The fourth-order valence-corrected chi connectivity index (χ4v) is 2.04. The van der Waals surface area contributed by atoms with E-state index < -0.39 is 17.7 Å². The van der Waals surface area contributed by atoms with Crippen molar-refractivity contribution in [1.29, 1.82) is 0 Å². The smallest absolute Gasteiger partial charge is 0.163 e. The summed E-state index contributed by atoms with van der Waals surface area (Å²) in [5.41, 5.74) is 6.44. The van der Waals surface area contributed by atoms with Gasteiger partial charge in [-0.15, -0.1) is 0 Å². The van der Waals surface area contributed by atoms with Crippen LogP contribution in [-0.2, 0) is 0 Å². The molecule has 5 heteroatoms. The van der Waals surface area contributed by atoms with E-state index in [-0.39, 0.29) is 5.56 Å². The molecule has 17 heavy (non-hydrogen) atoms. The average molecular weight is 299 g/mol. The highest BCUT2D eigenvalue weighted by atomic mass is 79.9. The third-order valence-electron chi connectivity index (χ3n) is 2.40. The van der Waals surface area contributed by atoms with Crippen molar-refractivity contribution >= 4 is 15.9 Å². The van der Waals surface area contributed by atoms with Crippen LogP contribution in [0.3, 0.4) is 0 Å². The molecule has 2 nitrogen and oxygen atoms in total. The Kier molecular flexibility index (Phi) is 3.49. The Morgan fingerprint density at radius 1 is 1.18 bits per heavy atom. The highest BCUT2D eigenvalue weighted by Gasteiger charge is 2.19. The van der Waals surface area contributed by atoms with Gasteiger partial charge in [-0.25, -0.2) is 8.78 Å². The van der Waals surface area contributed by atoms with E-state index in [1.807, 2.05) is 0 Å². The zero-order valence-electron chi connectivity index (χ0n) is 8.70. The molecule has 0 spiro atoms. The van der Waals surface area contributed by atoms with Crippen LogP contribution < -0.4 is 5.73 Å². The normalized spacial score (nSPS) is 12.5. The van der Waals surface area contributed by atoms with E-state index in [4.69, 9.17) is 5.73 Å². The average Bonchev–Trinajstić information content (AvgIpc) is 2.32. The molecular formula is C12H9BrF2N2. The Hall–Kier alpha value is -1.33. The number of benzene rings is 1. The van der Waals surface area contributed by atoms with E-state index in [1.165, 1.54) is 12.1 Å². The summed E-state index contributed by atoms with van der Waals surface area (Å²) >= 11 is 3.28. The van der Waals surface area contributed by atoms with E-state index >= 15 is 0 Å². The van der Waals surface area contributed by atoms with Gasteiger partial charge in [-0.2, -0.15) is 0 Å². The standard InChI is InChI=1S/C12H9BrF2N2/c13-8-4-2-6-17-12(8)11(16)7-3-1-5-9(14)10(7)15/h1-6,11H,16H2. The molecule has 2 rings (SSSR count). The molecule has 1 atom stereocenters. The fourth-order valence-electron chi connectivity index (χ4n) is 1.53. The van der Waals surface area contributed by atoms with Crippen molar-refractivity contribution in [2.24, 2.45) is 5.73 Å². The van der Waals surface area contributed by atoms with Crippen LogP contribution in [0.5, 0.6) is 0 Å². The number of nitrogens with two attached hydrogens (primary N) is 1. The fraction of sp³-hybridized carbons (Fsp3) is 0.0833. The molecule has 1 aromatic carbocycles. The quantitative estimate of drug-likeness (QED) is 0.925. The molecule has 0 saturated heterocycles. The summed E-state index contributed by atoms with van der Waals surface area (Å²) in [6.45, 7) is 0. The monoisotopic (exact) mass is 298 g/mol. The minimum atomic E-state index is -0.933. The van der Waals surface area contributed by atoms with Crippen molar-refractivity contribution in [3.05, 3.63) is 63.9 Å². The third-order valence-corrected chi connectivity index (χ3v) is 3.07. The first-order valence-electron chi connectivity index (χ1n) is 4.91. The molecule has 0 aliphatic rings. The van der Waals surface area contributed by atoms with Gasteiger partial charge in [-0.1, -0.05) is 12.1 Å². The van der Waals surface area contributed by atoms with Crippen LogP contribution in [0.2, 0.25) is 0 Å². The van der Waals surface area contributed by atoms with E-state index in [9.17, 15) is 8.78 Å². The zero-order valence-corrected chi connectivity index (χ0v) is 10.3. The SMILES string of the molecule is NC(c1cccc(F)c1F)c1ncccc1Br. The second kappa shape index (κ2) is 4.89. The molecule has 2 N–H and O–H groups in total. The van der Waals surface area contributed by atoms with Crippen LogP contribution in [0.25, 0.3) is 0 Å². The number of nitrogens with zero attached hydrogens (tertiary/aromatic N) is 1. The lowest BCUT2D eigenvalue weighted by molar-refractivity contribution is 0.493. The van der Waals surface area contributed by atoms with Crippen molar-refractivity contribution < 1.29 is 8.78 Å². The Labute approximate surface area is 106 Å². The molecule has 0 saturated carbocycles. The van der Waals surface area contributed by atoms with Crippen LogP contribution in [-0.4, -0.2) is 4.98 Å². The Morgan fingerprint density at radius 3 is 2.65 bits per heavy atom. The van der Waals surface area contributed by atoms with Gasteiger partial charge in [0.1, 0.15) is 0 Å². The maximum absolute atomic E-state index is 13.6. The summed E-state index contributed by atoms with van der Waals surface area (Å²) in [5, 5.41) is 0. The third kappa shape index (κ3) is 2.35. The molecule has 0 aliphatic heterocycles. The first-order chi connectivity index (χ1) is 8.11. The summed E-state index contributed by atoms with van der Waals surface area (Å²) in [7, 11) is 0. The molecule has 2 aromatic rings. The van der Waals surface area contributed by atoms with Crippen LogP contribution in [0.15, 0.2) is 41.0 Å². The van der Waals surface area contributed by atoms with Crippen LogP contribution in [0.4, 0.5) is 8.78 Å². The first kappa shape index (κ1) is 12.1. The lowest BCUT2D eigenvalue weighted by Gasteiger charge is -2.14. The molecule has 1 aromatic heterocycles.